The highest BCUT2D eigenvalue weighted by Crippen LogP contribution is 2.28. The second-order valence-electron chi connectivity index (χ2n) is 3.96. The molecule has 0 aromatic heterocycles. The van der Waals surface area contributed by atoms with Gasteiger partial charge in [0.25, 0.3) is 5.92 Å². The molecular formula is C10H18F2O. The first kappa shape index (κ1) is 12.6. The summed E-state index contributed by atoms with van der Waals surface area (Å²) in [7, 11) is 0. The van der Waals surface area contributed by atoms with E-state index in [1.165, 1.54) is 19.9 Å². The van der Waals surface area contributed by atoms with Gasteiger partial charge in [-0.25, -0.2) is 8.78 Å². The van der Waals surface area contributed by atoms with E-state index in [1.807, 2.05) is 0 Å². The third-order valence-corrected chi connectivity index (χ3v) is 1.93. The quantitative estimate of drug-likeness (QED) is 0.678. The fourth-order valence-corrected chi connectivity index (χ4v) is 0.831. The predicted octanol–water partition coefficient (Wildman–Crippen LogP) is 3.14. The van der Waals surface area contributed by atoms with Crippen LogP contribution in [0, 0.1) is 0 Å². The molecule has 0 fully saturated rings. The molecule has 0 aliphatic carbocycles. The van der Waals surface area contributed by atoms with Crippen molar-refractivity contribution < 1.29 is 13.9 Å². The molecule has 3 heteroatoms. The summed E-state index contributed by atoms with van der Waals surface area (Å²) in [5.41, 5.74) is -0.873. The Kier molecular flexibility index (Phi) is 4.04. The molecular weight excluding hydrogens is 174 g/mol. The number of rotatable bonds is 4. The van der Waals surface area contributed by atoms with Crippen LogP contribution < -0.4 is 0 Å². The van der Waals surface area contributed by atoms with Crippen LogP contribution in [0.5, 0.6) is 0 Å². The molecule has 0 aromatic rings. The minimum atomic E-state index is -2.73. The molecule has 0 aliphatic heterocycles. The number of aliphatic hydroxyl groups is 1. The third-order valence-electron chi connectivity index (χ3n) is 1.93. The predicted molar refractivity (Wildman–Crippen MR) is 49.9 cm³/mol. The van der Waals surface area contributed by atoms with Crippen LogP contribution in [0.25, 0.3) is 0 Å². The molecule has 0 saturated carbocycles. The first-order valence-electron chi connectivity index (χ1n) is 4.46. The summed E-state index contributed by atoms with van der Waals surface area (Å²) in [6.45, 7) is 6.04. The maximum Gasteiger partial charge on any atom is 0.268 e. The fourth-order valence-electron chi connectivity index (χ4n) is 0.831. The van der Waals surface area contributed by atoms with Crippen LogP contribution in [0.3, 0.4) is 0 Å². The van der Waals surface area contributed by atoms with Crippen LogP contribution in [0.2, 0.25) is 0 Å². The number of hydrogen-bond donors (Lipinski definition) is 1. The highest BCUT2D eigenvalue weighted by molar-refractivity contribution is 5.10. The van der Waals surface area contributed by atoms with Gasteiger partial charge in [-0.2, -0.15) is 0 Å². The molecule has 0 atom stereocenters. The number of hydrogen-bond acceptors (Lipinski definition) is 1. The van der Waals surface area contributed by atoms with Gasteiger partial charge in [-0.05, 0) is 32.8 Å². The van der Waals surface area contributed by atoms with E-state index in [-0.39, 0.29) is 18.4 Å². The van der Waals surface area contributed by atoms with Crippen LogP contribution in [-0.2, 0) is 0 Å². The molecule has 0 unspecified atom stereocenters. The summed E-state index contributed by atoms with van der Waals surface area (Å²) in [5.74, 6) is -2.73. The lowest BCUT2D eigenvalue weighted by molar-refractivity contribution is 0.0357. The van der Waals surface area contributed by atoms with Gasteiger partial charge in [0.05, 0.1) is 5.60 Å². The number of allylic oxidation sites excluding steroid dienone is 1. The highest BCUT2D eigenvalue weighted by Gasteiger charge is 2.28. The molecule has 0 aromatic carbocycles. The van der Waals surface area contributed by atoms with Gasteiger partial charge in [-0.1, -0.05) is 13.0 Å². The van der Waals surface area contributed by atoms with Crippen molar-refractivity contribution in [1.82, 2.24) is 0 Å². The van der Waals surface area contributed by atoms with E-state index in [0.717, 1.165) is 0 Å². The molecule has 78 valence electrons. The van der Waals surface area contributed by atoms with Gasteiger partial charge in [-0.15, -0.1) is 0 Å². The van der Waals surface area contributed by atoms with Gasteiger partial charge in [0.2, 0.25) is 0 Å². The molecule has 1 nitrogen and oxygen atoms in total. The highest BCUT2D eigenvalue weighted by atomic mass is 19.3. The maximum absolute atomic E-state index is 13.0. The molecule has 13 heavy (non-hydrogen) atoms. The van der Waals surface area contributed by atoms with Gasteiger partial charge in [-0.3, -0.25) is 0 Å². The Balaban J connectivity index is 4.34. The Hall–Kier alpha value is -0.440. The van der Waals surface area contributed by atoms with E-state index in [9.17, 15) is 13.9 Å². The van der Waals surface area contributed by atoms with Crippen LogP contribution in [-0.4, -0.2) is 16.6 Å². The van der Waals surface area contributed by atoms with E-state index >= 15 is 0 Å². The molecule has 0 saturated heterocycles. The SMILES string of the molecule is CCC(F)(F)/C(C)=C\CC(C)(C)O. The zero-order valence-electron chi connectivity index (χ0n) is 8.69. The van der Waals surface area contributed by atoms with E-state index in [0.29, 0.717) is 0 Å². The van der Waals surface area contributed by atoms with Crippen molar-refractivity contribution in [3.63, 3.8) is 0 Å². The lowest BCUT2D eigenvalue weighted by Gasteiger charge is -2.18. The van der Waals surface area contributed by atoms with Crippen molar-refractivity contribution in [2.24, 2.45) is 0 Å². The smallest absolute Gasteiger partial charge is 0.268 e. The Labute approximate surface area is 78.5 Å². The first-order valence-corrected chi connectivity index (χ1v) is 4.46. The molecule has 0 radical (unpaired) electrons. The Morgan fingerprint density at radius 1 is 1.38 bits per heavy atom. The summed E-state index contributed by atoms with van der Waals surface area (Å²) >= 11 is 0. The monoisotopic (exact) mass is 192 g/mol. The summed E-state index contributed by atoms with van der Waals surface area (Å²) in [5, 5.41) is 9.32. The molecule has 0 heterocycles. The van der Waals surface area contributed by atoms with Crippen molar-refractivity contribution in [3.8, 4) is 0 Å². The van der Waals surface area contributed by atoms with E-state index < -0.39 is 11.5 Å². The molecule has 1 N–H and O–H groups in total. The van der Waals surface area contributed by atoms with E-state index in [2.05, 4.69) is 0 Å². The summed E-state index contributed by atoms with van der Waals surface area (Å²) in [4.78, 5) is 0. The minimum absolute atomic E-state index is 0.0390. The van der Waals surface area contributed by atoms with Crippen LogP contribution >= 0.6 is 0 Å². The third kappa shape index (κ3) is 4.98. The first-order chi connectivity index (χ1) is 5.69. The number of alkyl halides is 2. The van der Waals surface area contributed by atoms with Gasteiger partial charge in [0, 0.05) is 6.42 Å². The normalized spacial score (nSPS) is 14.8. The van der Waals surface area contributed by atoms with E-state index in [1.54, 1.807) is 13.8 Å². The van der Waals surface area contributed by atoms with E-state index in [4.69, 9.17) is 0 Å². The Morgan fingerprint density at radius 2 is 1.85 bits per heavy atom. The van der Waals surface area contributed by atoms with Crippen LogP contribution in [0.15, 0.2) is 11.6 Å². The van der Waals surface area contributed by atoms with Crippen molar-refractivity contribution in [2.45, 2.75) is 52.1 Å². The Bertz CT molecular complexity index is 190. The summed E-state index contributed by atoms with van der Waals surface area (Å²) < 4.78 is 25.9. The molecule has 0 spiro atoms. The summed E-state index contributed by atoms with van der Waals surface area (Å²) in [6, 6.07) is 0. The van der Waals surface area contributed by atoms with Crippen molar-refractivity contribution in [3.05, 3.63) is 11.6 Å². The Morgan fingerprint density at radius 3 is 2.15 bits per heavy atom. The number of halogens is 2. The van der Waals surface area contributed by atoms with Gasteiger partial charge in [0.15, 0.2) is 0 Å². The lowest BCUT2D eigenvalue weighted by atomic mass is 10.0. The second-order valence-corrected chi connectivity index (χ2v) is 3.96. The lowest BCUT2D eigenvalue weighted by Crippen LogP contribution is -2.20. The average Bonchev–Trinajstić information content (AvgIpc) is 1.98. The van der Waals surface area contributed by atoms with Crippen LogP contribution in [0.1, 0.15) is 40.5 Å². The van der Waals surface area contributed by atoms with Gasteiger partial charge in [0.1, 0.15) is 0 Å². The van der Waals surface area contributed by atoms with Crippen molar-refractivity contribution in [2.75, 3.05) is 0 Å². The molecule has 0 bridgehead atoms. The van der Waals surface area contributed by atoms with Crippen molar-refractivity contribution in [1.29, 1.82) is 0 Å². The minimum Gasteiger partial charge on any atom is -0.390 e. The topological polar surface area (TPSA) is 20.2 Å². The maximum atomic E-state index is 13.0. The summed E-state index contributed by atoms with van der Waals surface area (Å²) in [6.07, 6.45) is 1.47. The second kappa shape index (κ2) is 4.18. The van der Waals surface area contributed by atoms with Crippen molar-refractivity contribution >= 4 is 0 Å². The zero-order valence-corrected chi connectivity index (χ0v) is 8.69. The molecule has 0 amide bonds. The fraction of sp³-hybridized carbons (Fsp3) is 0.800. The standard InChI is InChI=1S/C10H18F2O/c1-5-10(11,12)8(2)6-7-9(3,4)13/h6,13H,5,7H2,1-4H3/b8-6-. The molecule has 0 rings (SSSR count). The zero-order chi connectivity index (χ0) is 10.7. The van der Waals surface area contributed by atoms with Crippen LogP contribution in [0.4, 0.5) is 8.78 Å². The largest absolute Gasteiger partial charge is 0.390 e. The van der Waals surface area contributed by atoms with Gasteiger partial charge >= 0.3 is 0 Å². The van der Waals surface area contributed by atoms with Gasteiger partial charge < -0.3 is 5.11 Å². The molecule has 0 aliphatic rings. The average molecular weight is 192 g/mol.